The van der Waals surface area contributed by atoms with Gasteiger partial charge in [0.15, 0.2) is 0 Å². The van der Waals surface area contributed by atoms with Crippen molar-refractivity contribution >= 4 is 21.8 Å². The molecule has 1 heterocycles. The Kier molecular flexibility index (Phi) is 7.42. The van der Waals surface area contributed by atoms with E-state index in [4.69, 9.17) is 10.5 Å². The van der Waals surface area contributed by atoms with Gasteiger partial charge >= 0.3 is 0 Å². The highest BCUT2D eigenvalue weighted by atomic mass is 32.2. The van der Waals surface area contributed by atoms with Gasteiger partial charge in [-0.1, -0.05) is 6.92 Å². The first-order chi connectivity index (χ1) is 13.2. The number of nitrogens with two attached hydrogens (primary N) is 1. The van der Waals surface area contributed by atoms with Crippen LogP contribution in [0.25, 0.3) is 0 Å². The molecule has 0 saturated carbocycles. The van der Waals surface area contributed by atoms with Crippen LogP contribution in [0.5, 0.6) is 5.75 Å². The van der Waals surface area contributed by atoms with Crippen LogP contribution in [0.1, 0.15) is 50.4 Å². The normalized spacial score (nSPS) is 18.1. The van der Waals surface area contributed by atoms with E-state index in [-0.39, 0.29) is 34.7 Å². The summed E-state index contributed by atoms with van der Waals surface area (Å²) in [7, 11) is -3.86. The van der Waals surface area contributed by atoms with E-state index in [1.54, 1.807) is 0 Å². The van der Waals surface area contributed by atoms with Crippen molar-refractivity contribution in [3.05, 3.63) is 23.8 Å². The van der Waals surface area contributed by atoms with Crippen molar-refractivity contribution in [1.29, 1.82) is 0 Å². The van der Waals surface area contributed by atoms with Crippen molar-refractivity contribution in [3.8, 4) is 5.75 Å². The largest absolute Gasteiger partial charge is 0.493 e. The lowest BCUT2D eigenvalue weighted by Gasteiger charge is -2.31. The molecule has 0 bridgehead atoms. The fraction of sp³-hybridized carbons (Fsp3) is 0.579. The predicted molar refractivity (Wildman–Crippen MR) is 106 cm³/mol. The van der Waals surface area contributed by atoms with E-state index < -0.39 is 21.8 Å². The van der Waals surface area contributed by atoms with Crippen molar-refractivity contribution in [3.63, 3.8) is 0 Å². The van der Waals surface area contributed by atoms with E-state index in [9.17, 15) is 18.0 Å². The Balaban J connectivity index is 2.26. The summed E-state index contributed by atoms with van der Waals surface area (Å²) < 4.78 is 32.9. The van der Waals surface area contributed by atoms with Gasteiger partial charge in [-0.25, -0.2) is 8.42 Å². The van der Waals surface area contributed by atoms with Gasteiger partial charge in [0.25, 0.3) is 5.91 Å². The zero-order valence-corrected chi connectivity index (χ0v) is 17.4. The minimum atomic E-state index is -3.86. The summed E-state index contributed by atoms with van der Waals surface area (Å²) in [5, 5.41) is 2.84. The maximum absolute atomic E-state index is 13.1. The smallest absolute Gasteiger partial charge is 0.252 e. The summed E-state index contributed by atoms with van der Waals surface area (Å²) in [5.41, 5.74) is 5.43. The zero-order chi connectivity index (χ0) is 20.9. The summed E-state index contributed by atoms with van der Waals surface area (Å²) in [4.78, 5) is 24.0. The van der Waals surface area contributed by atoms with Gasteiger partial charge in [-0.05, 0) is 51.3 Å². The number of carbonyl (C=O) groups is 2. The quantitative estimate of drug-likeness (QED) is 0.672. The number of amides is 2. The molecule has 8 nitrogen and oxygen atoms in total. The van der Waals surface area contributed by atoms with Crippen LogP contribution in [0.2, 0.25) is 0 Å². The van der Waals surface area contributed by atoms with Gasteiger partial charge in [0.05, 0.1) is 23.0 Å². The molecule has 9 heteroatoms. The number of carbonyl (C=O) groups excluding carboxylic acids is 2. The third kappa shape index (κ3) is 5.23. The summed E-state index contributed by atoms with van der Waals surface area (Å²) in [6, 6.07) is 4.11. The second-order valence-electron chi connectivity index (χ2n) is 7.24. The van der Waals surface area contributed by atoms with E-state index in [1.807, 2.05) is 20.8 Å². The summed E-state index contributed by atoms with van der Waals surface area (Å²) in [6.45, 7) is 6.48. The molecule has 3 N–H and O–H groups in total. The monoisotopic (exact) mass is 411 g/mol. The Bertz CT molecular complexity index is 823. The molecule has 1 saturated heterocycles. The molecule has 156 valence electrons. The van der Waals surface area contributed by atoms with E-state index in [1.165, 1.54) is 22.5 Å². The van der Waals surface area contributed by atoms with Crippen LogP contribution in [0, 0.1) is 5.92 Å². The number of nitrogens with zero attached hydrogens (tertiary/aromatic N) is 1. The number of hydrogen-bond acceptors (Lipinski definition) is 5. The first-order valence-corrected chi connectivity index (χ1v) is 11.0. The van der Waals surface area contributed by atoms with Gasteiger partial charge in [0.1, 0.15) is 5.75 Å². The van der Waals surface area contributed by atoms with Crippen LogP contribution >= 0.6 is 0 Å². The van der Waals surface area contributed by atoms with Crippen molar-refractivity contribution < 1.29 is 22.7 Å². The number of piperidine rings is 1. The maximum Gasteiger partial charge on any atom is 0.252 e. The first-order valence-electron chi connectivity index (χ1n) is 9.54. The van der Waals surface area contributed by atoms with Gasteiger partial charge in [-0.3, -0.25) is 9.59 Å². The molecule has 28 heavy (non-hydrogen) atoms. The van der Waals surface area contributed by atoms with Gasteiger partial charge in [0, 0.05) is 19.1 Å². The van der Waals surface area contributed by atoms with E-state index >= 15 is 0 Å². The number of nitrogens with one attached hydrogen (secondary N) is 1. The Morgan fingerprint density at radius 3 is 2.68 bits per heavy atom. The molecule has 2 amide bonds. The summed E-state index contributed by atoms with van der Waals surface area (Å²) >= 11 is 0. The molecule has 0 radical (unpaired) electrons. The molecule has 1 atom stereocenters. The first kappa shape index (κ1) is 22.2. The lowest BCUT2D eigenvalue weighted by Crippen LogP contribution is -2.46. The third-order valence-electron chi connectivity index (χ3n) is 4.50. The van der Waals surface area contributed by atoms with E-state index in [2.05, 4.69) is 5.32 Å². The molecule has 1 aromatic rings. The topological polar surface area (TPSA) is 119 Å². The maximum atomic E-state index is 13.1. The summed E-state index contributed by atoms with van der Waals surface area (Å²) in [6.07, 6.45) is 1.97. The van der Waals surface area contributed by atoms with Crippen LogP contribution in [0.15, 0.2) is 23.1 Å². The Labute approximate surface area is 166 Å². The van der Waals surface area contributed by atoms with Crippen molar-refractivity contribution in [2.75, 3.05) is 19.7 Å². The average molecular weight is 412 g/mol. The second-order valence-corrected chi connectivity index (χ2v) is 9.17. The van der Waals surface area contributed by atoms with Crippen LogP contribution in [-0.2, 0) is 14.8 Å². The van der Waals surface area contributed by atoms with E-state index in [0.29, 0.717) is 26.0 Å². The second kappa shape index (κ2) is 9.38. The summed E-state index contributed by atoms with van der Waals surface area (Å²) in [5.74, 6) is -1.03. The molecular formula is C19H29N3O5S. The minimum Gasteiger partial charge on any atom is -0.493 e. The Morgan fingerprint density at radius 1 is 1.36 bits per heavy atom. The van der Waals surface area contributed by atoms with Crippen molar-refractivity contribution in [1.82, 2.24) is 9.62 Å². The molecule has 2 rings (SSSR count). The molecular weight excluding hydrogens is 382 g/mol. The Morgan fingerprint density at radius 2 is 2.07 bits per heavy atom. The predicted octanol–water partition coefficient (Wildman–Crippen LogP) is 1.50. The SMILES string of the molecule is CCCOc1ccc(S(=O)(=O)N2CCCC(C(=O)NC(C)C)C2)cc1C(N)=O. The number of hydrogen-bond donors (Lipinski definition) is 2. The van der Waals surface area contributed by atoms with E-state index in [0.717, 1.165) is 6.42 Å². The molecule has 1 aromatic carbocycles. The fourth-order valence-electron chi connectivity index (χ4n) is 3.13. The number of rotatable bonds is 8. The van der Waals surface area contributed by atoms with Gasteiger partial charge < -0.3 is 15.8 Å². The third-order valence-corrected chi connectivity index (χ3v) is 6.36. The molecule has 0 spiro atoms. The standard InChI is InChI=1S/C19H29N3O5S/c1-4-10-27-17-8-7-15(11-16(17)18(20)23)28(25,26)22-9-5-6-14(12-22)19(24)21-13(2)3/h7-8,11,13-14H,4-6,9-10,12H2,1-3H3,(H2,20,23)(H,21,24). The van der Waals surface area contributed by atoms with Crippen LogP contribution in [-0.4, -0.2) is 50.3 Å². The molecule has 1 aliphatic rings. The molecule has 1 aliphatic heterocycles. The highest BCUT2D eigenvalue weighted by molar-refractivity contribution is 7.89. The van der Waals surface area contributed by atoms with Gasteiger partial charge in [-0.2, -0.15) is 4.31 Å². The van der Waals surface area contributed by atoms with Gasteiger partial charge in [-0.15, -0.1) is 0 Å². The number of ether oxygens (including phenoxy) is 1. The van der Waals surface area contributed by atoms with Crippen molar-refractivity contribution in [2.24, 2.45) is 11.7 Å². The molecule has 0 aliphatic carbocycles. The van der Waals surface area contributed by atoms with Crippen LogP contribution in [0.4, 0.5) is 0 Å². The molecule has 1 fully saturated rings. The number of benzene rings is 1. The lowest BCUT2D eigenvalue weighted by molar-refractivity contribution is -0.126. The Hall–Kier alpha value is -2.13. The van der Waals surface area contributed by atoms with Crippen molar-refractivity contribution in [2.45, 2.75) is 51.0 Å². The van der Waals surface area contributed by atoms with Crippen LogP contribution < -0.4 is 15.8 Å². The van der Waals surface area contributed by atoms with Gasteiger partial charge in [0.2, 0.25) is 15.9 Å². The number of primary amides is 1. The fourth-order valence-corrected chi connectivity index (χ4v) is 4.68. The lowest BCUT2D eigenvalue weighted by atomic mass is 9.98. The highest BCUT2D eigenvalue weighted by Crippen LogP contribution is 2.28. The minimum absolute atomic E-state index is 0.00623. The molecule has 1 unspecified atom stereocenters. The highest BCUT2D eigenvalue weighted by Gasteiger charge is 2.34. The van der Waals surface area contributed by atoms with Crippen LogP contribution in [0.3, 0.4) is 0 Å². The number of sulfonamides is 1. The zero-order valence-electron chi connectivity index (χ0n) is 16.6. The average Bonchev–Trinajstić information content (AvgIpc) is 2.65. The molecule has 0 aromatic heterocycles.